The molecule has 0 N–H and O–H groups in total. The highest BCUT2D eigenvalue weighted by molar-refractivity contribution is 6.31. The van der Waals surface area contributed by atoms with E-state index in [2.05, 4.69) is 0 Å². The minimum atomic E-state index is 0.0389. The highest BCUT2D eigenvalue weighted by Crippen LogP contribution is 2.29. The van der Waals surface area contributed by atoms with Crippen molar-refractivity contribution in [2.75, 3.05) is 20.6 Å². The van der Waals surface area contributed by atoms with Crippen molar-refractivity contribution in [2.45, 2.75) is 0 Å². The third-order valence-electron chi connectivity index (χ3n) is 2.95. The molecule has 0 amide bonds. The number of nitriles is 1. The van der Waals surface area contributed by atoms with Crippen molar-refractivity contribution in [1.82, 2.24) is 4.90 Å². The third kappa shape index (κ3) is 3.85. The number of nitrogens with zero attached hydrogens (tertiary/aromatic N) is 2. The molecule has 2 aromatic carbocycles. The van der Waals surface area contributed by atoms with Gasteiger partial charge in [-0.2, -0.15) is 5.26 Å². The van der Waals surface area contributed by atoms with Crippen LogP contribution >= 0.6 is 11.6 Å². The van der Waals surface area contributed by atoms with E-state index in [0.29, 0.717) is 28.6 Å². The SMILES string of the molecule is CN(C)CC(=O)c1ccc(Oc2cccc(Cl)c2C#N)cc1. The fourth-order valence-corrected chi connectivity index (χ4v) is 2.12. The van der Waals surface area contributed by atoms with Crippen LogP contribution in [0, 0.1) is 11.3 Å². The van der Waals surface area contributed by atoms with Crippen LogP contribution in [-0.2, 0) is 0 Å². The molecular weight excluding hydrogens is 300 g/mol. The van der Waals surface area contributed by atoms with Gasteiger partial charge in [-0.25, -0.2) is 0 Å². The Hall–Kier alpha value is -2.35. The van der Waals surface area contributed by atoms with Gasteiger partial charge in [-0.3, -0.25) is 4.79 Å². The van der Waals surface area contributed by atoms with Crippen LogP contribution in [-0.4, -0.2) is 31.3 Å². The summed E-state index contributed by atoms with van der Waals surface area (Å²) in [5.74, 6) is 0.972. The molecule has 0 saturated carbocycles. The summed E-state index contributed by atoms with van der Waals surface area (Å²) < 4.78 is 5.67. The van der Waals surface area contributed by atoms with Crippen LogP contribution in [0.5, 0.6) is 11.5 Å². The molecule has 4 nitrogen and oxygen atoms in total. The van der Waals surface area contributed by atoms with E-state index >= 15 is 0 Å². The average molecular weight is 315 g/mol. The van der Waals surface area contributed by atoms with Gasteiger partial charge < -0.3 is 9.64 Å². The summed E-state index contributed by atoms with van der Waals surface area (Å²) in [6, 6.07) is 13.9. The van der Waals surface area contributed by atoms with E-state index in [1.54, 1.807) is 42.5 Å². The molecule has 0 atom stereocenters. The summed E-state index contributed by atoms with van der Waals surface area (Å²) in [6.07, 6.45) is 0. The highest BCUT2D eigenvalue weighted by atomic mass is 35.5. The minimum absolute atomic E-state index is 0.0389. The van der Waals surface area contributed by atoms with Gasteiger partial charge in [-0.1, -0.05) is 17.7 Å². The molecule has 0 saturated heterocycles. The van der Waals surface area contributed by atoms with Crippen molar-refractivity contribution in [3.8, 4) is 17.6 Å². The fourth-order valence-electron chi connectivity index (χ4n) is 1.91. The largest absolute Gasteiger partial charge is 0.456 e. The zero-order valence-corrected chi connectivity index (χ0v) is 13.1. The lowest BCUT2D eigenvalue weighted by Crippen LogP contribution is -2.21. The molecule has 2 aromatic rings. The van der Waals surface area contributed by atoms with Crippen LogP contribution in [0.3, 0.4) is 0 Å². The molecular formula is C17H15ClN2O2. The van der Waals surface area contributed by atoms with E-state index in [0.717, 1.165) is 0 Å². The molecule has 0 bridgehead atoms. The Labute approximate surface area is 134 Å². The van der Waals surface area contributed by atoms with Gasteiger partial charge >= 0.3 is 0 Å². The fraction of sp³-hybridized carbons (Fsp3) is 0.176. The van der Waals surface area contributed by atoms with Crippen molar-refractivity contribution < 1.29 is 9.53 Å². The number of benzene rings is 2. The van der Waals surface area contributed by atoms with E-state index < -0.39 is 0 Å². The second kappa shape index (κ2) is 7.08. The number of carbonyl (C=O) groups is 1. The molecule has 0 spiro atoms. The normalized spacial score (nSPS) is 10.3. The van der Waals surface area contributed by atoms with Gasteiger partial charge in [0.05, 0.1) is 11.6 Å². The standard InChI is InChI=1S/C17H15ClN2O2/c1-20(2)11-16(21)12-6-8-13(9-7-12)22-17-5-3-4-15(18)14(17)10-19/h3-9H,11H2,1-2H3. The van der Waals surface area contributed by atoms with Crippen molar-refractivity contribution in [3.63, 3.8) is 0 Å². The maximum atomic E-state index is 11.9. The highest BCUT2D eigenvalue weighted by Gasteiger charge is 2.10. The van der Waals surface area contributed by atoms with Crippen molar-refractivity contribution >= 4 is 17.4 Å². The Morgan fingerprint density at radius 2 is 1.91 bits per heavy atom. The molecule has 0 aromatic heterocycles. The second-order valence-corrected chi connectivity index (χ2v) is 5.42. The summed E-state index contributed by atoms with van der Waals surface area (Å²) in [7, 11) is 3.69. The lowest BCUT2D eigenvalue weighted by molar-refractivity contribution is 0.0958. The summed E-state index contributed by atoms with van der Waals surface area (Å²) in [5, 5.41) is 9.46. The first-order chi connectivity index (χ1) is 10.5. The van der Waals surface area contributed by atoms with Gasteiger partial charge in [0.2, 0.25) is 0 Å². The summed E-state index contributed by atoms with van der Waals surface area (Å²) >= 11 is 5.96. The zero-order valence-electron chi connectivity index (χ0n) is 12.3. The quantitative estimate of drug-likeness (QED) is 0.789. The number of carbonyl (C=O) groups excluding carboxylic acids is 1. The Morgan fingerprint density at radius 1 is 1.23 bits per heavy atom. The number of likely N-dealkylation sites (N-methyl/N-ethyl adjacent to an activating group) is 1. The molecule has 0 heterocycles. The number of hydrogen-bond donors (Lipinski definition) is 0. The number of rotatable bonds is 5. The summed E-state index contributed by atoms with van der Waals surface area (Å²) in [5.41, 5.74) is 0.907. The molecule has 0 aliphatic carbocycles. The van der Waals surface area contributed by atoms with Crippen molar-refractivity contribution in [2.24, 2.45) is 0 Å². The third-order valence-corrected chi connectivity index (χ3v) is 3.27. The van der Waals surface area contributed by atoms with Gasteiger partial charge in [0, 0.05) is 5.56 Å². The Kier molecular flexibility index (Phi) is 5.16. The molecule has 0 fully saturated rings. The topological polar surface area (TPSA) is 53.3 Å². The van der Waals surface area contributed by atoms with Crippen LogP contribution in [0.1, 0.15) is 15.9 Å². The number of hydrogen-bond acceptors (Lipinski definition) is 4. The smallest absolute Gasteiger partial charge is 0.176 e. The van der Waals surface area contributed by atoms with Gasteiger partial charge in [-0.05, 0) is 50.5 Å². The molecule has 2 rings (SSSR count). The van der Waals surface area contributed by atoms with Gasteiger partial charge in [0.15, 0.2) is 5.78 Å². The number of ketones is 1. The van der Waals surface area contributed by atoms with E-state index in [9.17, 15) is 4.79 Å². The molecule has 112 valence electrons. The van der Waals surface area contributed by atoms with Crippen LogP contribution in [0.4, 0.5) is 0 Å². The predicted octanol–water partition coefficient (Wildman–Crippen LogP) is 3.75. The van der Waals surface area contributed by atoms with Crippen LogP contribution in [0.25, 0.3) is 0 Å². The van der Waals surface area contributed by atoms with Crippen LogP contribution < -0.4 is 4.74 Å². The first-order valence-electron chi connectivity index (χ1n) is 6.65. The van der Waals surface area contributed by atoms with Crippen molar-refractivity contribution in [3.05, 3.63) is 58.6 Å². The Morgan fingerprint density at radius 3 is 2.50 bits per heavy atom. The lowest BCUT2D eigenvalue weighted by atomic mass is 10.1. The second-order valence-electron chi connectivity index (χ2n) is 5.01. The Balaban J connectivity index is 2.17. The van der Waals surface area contributed by atoms with Crippen LogP contribution in [0.2, 0.25) is 5.02 Å². The molecule has 0 radical (unpaired) electrons. The van der Waals surface area contributed by atoms with E-state index in [-0.39, 0.29) is 11.3 Å². The molecule has 5 heteroatoms. The van der Waals surface area contributed by atoms with Gasteiger partial charge in [-0.15, -0.1) is 0 Å². The summed E-state index contributed by atoms with van der Waals surface area (Å²) in [6.45, 7) is 0.354. The minimum Gasteiger partial charge on any atom is -0.456 e. The summed E-state index contributed by atoms with van der Waals surface area (Å²) in [4.78, 5) is 13.7. The first kappa shape index (κ1) is 16.0. The Bertz CT molecular complexity index is 718. The van der Waals surface area contributed by atoms with Gasteiger partial charge in [0.1, 0.15) is 23.1 Å². The molecule has 0 aliphatic heterocycles. The number of halogens is 1. The molecule has 0 aliphatic rings. The predicted molar refractivity (Wildman–Crippen MR) is 85.6 cm³/mol. The number of Topliss-reactive ketones (excluding diaryl/α,β-unsaturated/α-hetero) is 1. The average Bonchev–Trinajstić information content (AvgIpc) is 2.47. The van der Waals surface area contributed by atoms with E-state index in [4.69, 9.17) is 21.6 Å². The van der Waals surface area contributed by atoms with Gasteiger partial charge in [0.25, 0.3) is 0 Å². The maximum Gasteiger partial charge on any atom is 0.176 e. The number of ether oxygens (including phenoxy) is 1. The maximum absolute atomic E-state index is 11.9. The monoisotopic (exact) mass is 314 g/mol. The first-order valence-corrected chi connectivity index (χ1v) is 7.03. The lowest BCUT2D eigenvalue weighted by Gasteiger charge is -2.10. The van der Waals surface area contributed by atoms with Crippen molar-refractivity contribution in [1.29, 1.82) is 5.26 Å². The van der Waals surface area contributed by atoms with Crippen LogP contribution in [0.15, 0.2) is 42.5 Å². The zero-order chi connectivity index (χ0) is 16.1. The van der Waals surface area contributed by atoms with E-state index in [1.165, 1.54) is 0 Å². The van der Waals surface area contributed by atoms with E-state index in [1.807, 2.05) is 25.1 Å². The molecule has 22 heavy (non-hydrogen) atoms. The molecule has 0 unspecified atom stereocenters.